The van der Waals surface area contributed by atoms with Crippen LogP contribution in [0.4, 0.5) is 0 Å². The van der Waals surface area contributed by atoms with Crippen LogP contribution in [0.5, 0.6) is 0 Å². The molecule has 0 heterocycles. The summed E-state index contributed by atoms with van der Waals surface area (Å²) in [5.41, 5.74) is 0.492. The zero-order valence-corrected chi connectivity index (χ0v) is 11.0. The Morgan fingerprint density at radius 3 is 2.69 bits per heavy atom. The van der Waals surface area contributed by atoms with E-state index in [1.807, 2.05) is 0 Å². The molecule has 0 aliphatic rings. The molecule has 0 N–H and O–H groups in total. The predicted octanol–water partition coefficient (Wildman–Crippen LogP) is 2.29. The summed E-state index contributed by atoms with van der Waals surface area (Å²) in [6.45, 7) is 0. The maximum atomic E-state index is 10.9. The molecule has 0 fully saturated rings. The highest BCUT2D eigenvalue weighted by Gasteiger charge is 2.09. The van der Waals surface area contributed by atoms with E-state index < -0.39 is 9.84 Å². The van der Waals surface area contributed by atoms with Crippen LogP contribution >= 0.6 is 23.4 Å². The van der Waals surface area contributed by atoms with Crippen molar-refractivity contribution in [2.24, 2.45) is 0 Å². The van der Waals surface area contributed by atoms with Crippen molar-refractivity contribution in [1.82, 2.24) is 0 Å². The standard InChI is InChI=1S/C10H11ClO3S2/c1-16(13,14)6-5-15-10-8(7-12)3-2-4-9(10)11/h2-4,7H,5-6H2,1H3. The molecule has 0 unspecified atom stereocenters. The smallest absolute Gasteiger partial charge is 0.151 e. The van der Waals surface area contributed by atoms with Gasteiger partial charge in [-0.15, -0.1) is 11.8 Å². The fourth-order valence-corrected chi connectivity index (χ4v) is 3.65. The molecule has 0 atom stereocenters. The average Bonchev–Trinajstić information content (AvgIpc) is 2.18. The van der Waals surface area contributed by atoms with Crippen LogP contribution < -0.4 is 0 Å². The SMILES string of the molecule is CS(=O)(=O)CCSc1c(Cl)cccc1C=O. The highest BCUT2D eigenvalue weighted by molar-refractivity contribution is 8.00. The largest absolute Gasteiger partial charge is 0.298 e. The highest BCUT2D eigenvalue weighted by atomic mass is 35.5. The molecular weight excluding hydrogens is 268 g/mol. The van der Waals surface area contributed by atoms with Gasteiger partial charge in [-0.3, -0.25) is 4.79 Å². The van der Waals surface area contributed by atoms with E-state index in [0.29, 0.717) is 27.5 Å². The van der Waals surface area contributed by atoms with E-state index in [0.717, 1.165) is 0 Å². The molecule has 1 aromatic carbocycles. The van der Waals surface area contributed by atoms with Crippen LogP contribution in [0, 0.1) is 0 Å². The van der Waals surface area contributed by atoms with Crippen molar-refractivity contribution in [2.45, 2.75) is 4.90 Å². The first-order valence-electron chi connectivity index (χ1n) is 4.48. The molecule has 6 heteroatoms. The van der Waals surface area contributed by atoms with Gasteiger partial charge in [-0.2, -0.15) is 0 Å². The summed E-state index contributed by atoms with van der Waals surface area (Å²) in [6, 6.07) is 5.02. The van der Waals surface area contributed by atoms with Crippen molar-refractivity contribution < 1.29 is 13.2 Å². The summed E-state index contributed by atoms with van der Waals surface area (Å²) in [7, 11) is -2.98. The lowest BCUT2D eigenvalue weighted by molar-refractivity contribution is 0.112. The number of rotatable bonds is 5. The summed E-state index contributed by atoms with van der Waals surface area (Å²) in [5.74, 6) is 0.463. The lowest BCUT2D eigenvalue weighted by Crippen LogP contribution is -2.05. The minimum absolute atomic E-state index is 0.0706. The third-order valence-corrected chi connectivity index (χ3v) is 4.61. The van der Waals surface area contributed by atoms with Crippen molar-refractivity contribution in [3.05, 3.63) is 28.8 Å². The van der Waals surface area contributed by atoms with Crippen LogP contribution in [0.3, 0.4) is 0 Å². The number of benzene rings is 1. The van der Waals surface area contributed by atoms with Crippen molar-refractivity contribution in [1.29, 1.82) is 0 Å². The maximum absolute atomic E-state index is 10.9. The second-order valence-corrected chi connectivity index (χ2v) is 7.03. The van der Waals surface area contributed by atoms with Gasteiger partial charge in [0.15, 0.2) is 6.29 Å². The van der Waals surface area contributed by atoms with E-state index in [1.165, 1.54) is 18.0 Å². The lowest BCUT2D eigenvalue weighted by atomic mass is 10.2. The van der Waals surface area contributed by atoms with Crippen LogP contribution in [0.2, 0.25) is 5.02 Å². The van der Waals surface area contributed by atoms with Gasteiger partial charge in [-0.1, -0.05) is 23.7 Å². The van der Waals surface area contributed by atoms with Gasteiger partial charge >= 0.3 is 0 Å². The number of sulfone groups is 1. The van der Waals surface area contributed by atoms with E-state index in [2.05, 4.69) is 0 Å². The van der Waals surface area contributed by atoms with Gasteiger partial charge in [0.2, 0.25) is 0 Å². The fraction of sp³-hybridized carbons (Fsp3) is 0.300. The molecule has 0 saturated carbocycles. The van der Waals surface area contributed by atoms with Gasteiger partial charge in [0.1, 0.15) is 9.84 Å². The maximum Gasteiger partial charge on any atom is 0.151 e. The Morgan fingerprint density at radius 1 is 1.44 bits per heavy atom. The van der Waals surface area contributed by atoms with Crippen molar-refractivity contribution in [3.8, 4) is 0 Å². The number of carbonyl (C=O) groups is 1. The van der Waals surface area contributed by atoms with Gasteiger partial charge in [0.05, 0.1) is 10.8 Å². The van der Waals surface area contributed by atoms with Crippen molar-refractivity contribution in [2.75, 3.05) is 17.8 Å². The summed E-state index contributed by atoms with van der Waals surface area (Å²) in [4.78, 5) is 11.4. The number of thioether (sulfide) groups is 1. The molecule has 3 nitrogen and oxygen atoms in total. The number of hydrogen-bond acceptors (Lipinski definition) is 4. The number of aldehydes is 1. The van der Waals surface area contributed by atoms with E-state index in [4.69, 9.17) is 11.6 Å². The zero-order valence-electron chi connectivity index (χ0n) is 8.64. The monoisotopic (exact) mass is 278 g/mol. The molecule has 1 aromatic rings. The topological polar surface area (TPSA) is 51.2 Å². The minimum Gasteiger partial charge on any atom is -0.298 e. The van der Waals surface area contributed by atoms with Crippen molar-refractivity contribution in [3.63, 3.8) is 0 Å². The molecular formula is C10H11ClO3S2. The molecule has 0 aliphatic carbocycles. The molecule has 1 rings (SSSR count). The van der Waals surface area contributed by atoms with Crippen LogP contribution in [0.25, 0.3) is 0 Å². The van der Waals surface area contributed by atoms with E-state index in [9.17, 15) is 13.2 Å². The van der Waals surface area contributed by atoms with Crippen molar-refractivity contribution >= 4 is 39.5 Å². The normalized spacial score (nSPS) is 11.4. The number of halogens is 1. The predicted molar refractivity (Wildman–Crippen MR) is 67.3 cm³/mol. The first-order chi connectivity index (χ1) is 7.44. The Kier molecular flexibility index (Phi) is 4.83. The molecule has 0 saturated heterocycles. The summed E-state index contributed by atoms with van der Waals surface area (Å²) in [6.07, 6.45) is 1.90. The Balaban J connectivity index is 2.77. The molecule has 0 aromatic heterocycles. The van der Waals surface area contributed by atoms with Crippen LogP contribution in [0.1, 0.15) is 10.4 Å². The summed E-state index contributed by atoms with van der Waals surface area (Å²) < 4.78 is 21.9. The Bertz CT molecular complexity index is 483. The Labute approximate surface area is 104 Å². The van der Waals surface area contributed by atoms with Gasteiger partial charge in [-0.25, -0.2) is 8.42 Å². The molecule has 0 bridgehead atoms. The quantitative estimate of drug-likeness (QED) is 0.612. The van der Waals surface area contributed by atoms with Gasteiger partial charge in [0, 0.05) is 22.5 Å². The highest BCUT2D eigenvalue weighted by Crippen LogP contribution is 2.29. The molecule has 0 spiro atoms. The van der Waals surface area contributed by atoms with Crippen LogP contribution in [0.15, 0.2) is 23.1 Å². The number of carbonyl (C=O) groups excluding carboxylic acids is 1. The Morgan fingerprint density at radius 2 is 2.12 bits per heavy atom. The third kappa shape index (κ3) is 4.15. The van der Waals surface area contributed by atoms with Gasteiger partial charge in [-0.05, 0) is 6.07 Å². The molecule has 0 amide bonds. The Hall–Kier alpha value is -0.520. The molecule has 0 radical (unpaired) electrons. The van der Waals surface area contributed by atoms with E-state index in [1.54, 1.807) is 18.2 Å². The van der Waals surface area contributed by atoms with Gasteiger partial charge in [0.25, 0.3) is 0 Å². The van der Waals surface area contributed by atoms with Crippen LogP contribution in [-0.4, -0.2) is 32.5 Å². The molecule has 88 valence electrons. The third-order valence-electron chi connectivity index (χ3n) is 1.82. The van der Waals surface area contributed by atoms with Gasteiger partial charge < -0.3 is 0 Å². The van der Waals surface area contributed by atoms with E-state index >= 15 is 0 Å². The first-order valence-corrected chi connectivity index (χ1v) is 7.90. The average molecular weight is 279 g/mol. The lowest BCUT2D eigenvalue weighted by Gasteiger charge is -2.06. The molecule has 16 heavy (non-hydrogen) atoms. The summed E-state index contributed by atoms with van der Waals surface area (Å²) >= 11 is 7.21. The van der Waals surface area contributed by atoms with Crippen LogP contribution in [-0.2, 0) is 9.84 Å². The summed E-state index contributed by atoms with van der Waals surface area (Å²) in [5, 5.41) is 0.475. The second-order valence-electron chi connectivity index (χ2n) is 3.25. The second kappa shape index (κ2) is 5.70. The first kappa shape index (κ1) is 13.5. The molecule has 0 aliphatic heterocycles. The zero-order chi connectivity index (χ0) is 12.2. The number of hydrogen-bond donors (Lipinski definition) is 0. The fourth-order valence-electron chi connectivity index (χ4n) is 1.07. The minimum atomic E-state index is -2.98. The van der Waals surface area contributed by atoms with E-state index in [-0.39, 0.29) is 5.75 Å².